The van der Waals surface area contributed by atoms with Crippen LogP contribution in [0.25, 0.3) is 0 Å². The second kappa shape index (κ2) is 7.54. The van der Waals surface area contributed by atoms with Crippen molar-refractivity contribution >= 4 is 21.4 Å². The van der Waals surface area contributed by atoms with Gasteiger partial charge in [-0.2, -0.15) is 0 Å². The van der Waals surface area contributed by atoms with Crippen molar-refractivity contribution in [2.75, 3.05) is 6.54 Å². The minimum absolute atomic E-state index is 0.326. The first kappa shape index (κ1) is 17.6. The Hall–Kier alpha value is -0.430. The molecular weight excluding hydrogens is 292 g/mol. The third-order valence-electron chi connectivity index (χ3n) is 3.34. The lowest BCUT2D eigenvalue weighted by Gasteiger charge is -2.15. The molecule has 1 atom stereocenters. The maximum atomic E-state index is 12.2. The molecular formula is C14H26N2O2S2. The van der Waals surface area contributed by atoms with Gasteiger partial charge in [-0.1, -0.05) is 34.6 Å². The van der Waals surface area contributed by atoms with E-state index in [0.717, 1.165) is 5.56 Å². The Labute approximate surface area is 127 Å². The van der Waals surface area contributed by atoms with E-state index < -0.39 is 10.0 Å². The first-order chi connectivity index (χ1) is 9.22. The highest BCUT2D eigenvalue weighted by Crippen LogP contribution is 2.20. The summed E-state index contributed by atoms with van der Waals surface area (Å²) in [6.07, 6.45) is 0. The number of thiophene rings is 1. The van der Waals surface area contributed by atoms with E-state index in [1.807, 2.05) is 5.38 Å². The molecule has 0 aliphatic carbocycles. The molecule has 0 amide bonds. The molecule has 0 aliphatic heterocycles. The van der Waals surface area contributed by atoms with E-state index in [1.165, 1.54) is 11.3 Å². The van der Waals surface area contributed by atoms with E-state index in [2.05, 4.69) is 44.7 Å². The second-order valence-corrected chi connectivity index (χ2v) is 8.79. The lowest BCUT2D eigenvalue weighted by Crippen LogP contribution is -2.29. The largest absolute Gasteiger partial charge is 0.310 e. The molecule has 20 heavy (non-hydrogen) atoms. The molecule has 4 nitrogen and oxygen atoms in total. The fourth-order valence-electron chi connectivity index (χ4n) is 1.46. The molecule has 0 saturated carbocycles. The van der Waals surface area contributed by atoms with Crippen LogP contribution in [0.5, 0.6) is 0 Å². The summed E-state index contributed by atoms with van der Waals surface area (Å²) in [5, 5.41) is 5.18. The highest BCUT2D eigenvalue weighted by atomic mass is 32.2. The lowest BCUT2D eigenvalue weighted by atomic mass is 9.99. The Kier molecular flexibility index (Phi) is 6.64. The van der Waals surface area contributed by atoms with Crippen molar-refractivity contribution in [1.82, 2.24) is 10.0 Å². The Bertz CT molecular complexity index is 507. The number of nitrogens with one attached hydrogen (secondary N) is 2. The fraction of sp³-hybridized carbons (Fsp3) is 0.714. The standard InChI is InChI=1S/C14H26N2O2S2/c1-10(2)12(5)7-16-20(17,18)14-6-13(9-19-14)8-15-11(3)4/h6,9-12,15-16H,7-8H2,1-5H3. The molecule has 1 unspecified atom stereocenters. The van der Waals surface area contributed by atoms with Gasteiger partial charge in [0, 0.05) is 19.1 Å². The molecule has 1 heterocycles. The average molecular weight is 319 g/mol. The molecule has 1 rings (SSSR count). The molecule has 0 fully saturated rings. The van der Waals surface area contributed by atoms with Gasteiger partial charge in [0.15, 0.2) is 0 Å². The number of rotatable bonds is 8. The van der Waals surface area contributed by atoms with Crippen molar-refractivity contribution in [3.05, 3.63) is 17.0 Å². The molecule has 6 heteroatoms. The SMILES string of the molecule is CC(C)NCc1csc(S(=O)(=O)NCC(C)C(C)C)c1. The van der Waals surface area contributed by atoms with Crippen LogP contribution in [0.15, 0.2) is 15.7 Å². The first-order valence-corrected chi connectivity index (χ1v) is 9.39. The summed E-state index contributed by atoms with van der Waals surface area (Å²) in [4.78, 5) is 0. The normalized spacial score (nSPS) is 14.2. The quantitative estimate of drug-likeness (QED) is 0.775. The Morgan fingerprint density at radius 2 is 1.85 bits per heavy atom. The summed E-state index contributed by atoms with van der Waals surface area (Å²) in [7, 11) is -3.37. The first-order valence-electron chi connectivity index (χ1n) is 7.03. The Balaban J connectivity index is 2.64. The molecule has 0 spiro atoms. The third-order valence-corrected chi connectivity index (χ3v) is 6.25. The molecule has 0 saturated heterocycles. The fourth-order valence-corrected chi connectivity index (χ4v) is 3.85. The predicted octanol–water partition coefficient (Wildman–Crippen LogP) is 2.82. The van der Waals surface area contributed by atoms with Crippen LogP contribution in [0.3, 0.4) is 0 Å². The number of hydrogen-bond donors (Lipinski definition) is 2. The van der Waals surface area contributed by atoms with Crippen molar-refractivity contribution in [3.8, 4) is 0 Å². The zero-order chi connectivity index (χ0) is 15.3. The van der Waals surface area contributed by atoms with Crippen molar-refractivity contribution in [1.29, 1.82) is 0 Å². The monoisotopic (exact) mass is 318 g/mol. The van der Waals surface area contributed by atoms with Crippen LogP contribution in [0.2, 0.25) is 0 Å². The summed E-state index contributed by atoms with van der Waals surface area (Å²) < 4.78 is 27.5. The number of hydrogen-bond acceptors (Lipinski definition) is 4. The second-order valence-electron chi connectivity index (χ2n) is 5.88. The lowest BCUT2D eigenvalue weighted by molar-refractivity contribution is 0.415. The van der Waals surface area contributed by atoms with Gasteiger partial charge < -0.3 is 5.32 Å². The smallest absolute Gasteiger partial charge is 0.250 e. The van der Waals surface area contributed by atoms with Gasteiger partial charge in [-0.05, 0) is 28.8 Å². The van der Waals surface area contributed by atoms with Crippen LogP contribution >= 0.6 is 11.3 Å². The van der Waals surface area contributed by atoms with Gasteiger partial charge in [0.25, 0.3) is 0 Å². The van der Waals surface area contributed by atoms with Gasteiger partial charge in [-0.3, -0.25) is 0 Å². The van der Waals surface area contributed by atoms with Gasteiger partial charge in [0.1, 0.15) is 4.21 Å². The minimum Gasteiger partial charge on any atom is -0.310 e. The van der Waals surface area contributed by atoms with Crippen molar-refractivity contribution in [2.45, 2.75) is 51.4 Å². The van der Waals surface area contributed by atoms with E-state index in [-0.39, 0.29) is 0 Å². The summed E-state index contributed by atoms with van der Waals surface area (Å²) in [5.41, 5.74) is 1.01. The van der Waals surface area contributed by atoms with Crippen LogP contribution in [0.4, 0.5) is 0 Å². The Morgan fingerprint density at radius 1 is 1.20 bits per heavy atom. The minimum atomic E-state index is -3.37. The van der Waals surface area contributed by atoms with Gasteiger partial charge in [-0.25, -0.2) is 13.1 Å². The molecule has 0 aliphatic rings. The van der Waals surface area contributed by atoms with Gasteiger partial charge in [0.2, 0.25) is 10.0 Å². The molecule has 1 aromatic rings. The van der Waals surface area contributed by atoms with Crippen LogP contribution in [0, 0.1) is 11.8 Å². The van der Waals surface area contributed by atoms with Crippen LogP contribution in [0.1, 0.15) is 40.2 Å². The van der Waals surface area contributed by atoms with Gasteiger partial charge >= 0.3 is 0 Å². The number of sulfonamides is 1. The van der Waals surface area contributed by atoms with Crippen LogP contribution in [-0.2, 0) is 16.6 Å². The van der Waals surface area contributed by atoms with Crippen molar-refractivity contribution in [3.63, 3.8) is 0 Å². The molecule has 1 aromatic heterocycles. The predicted molar refractivity (Wildman–Crippen MR) is 85.5 cm³/mol. The molecule has 0 bridgehead atoms. The van der Waals surface area contributed by atoms with Crippen molar-refractivity contribution in [2.24, 2.45) is 11.8 Å². The molecule has 116 valence electrons. The van der Waals surface area contributed by atoms with E-state index >= 15 is 0 Å². The van der Waals surface area contributed by atoms with Crippen molar-refractivity contribution < 1.29 is 8.42 Å². The van der Waals surface area contributed by atoms with Crippen LogP contribution < -0.4 is 10.0 Å². The van der Waals surface area contributed by atoms with Crippen LogP contribution in [-0.4, -0.2) is 21.0 Å². The van der Waals surface area contributed by atoms with E-state index in [0.29, 0.717) is 35.2 Å². The highest BCUT2D eigenvalue weighted by Gasteiger charge is 2.18. The van der Waals surface area contributed by atoms with Gasteiger partial charge in [-0.15, -0.1) is 11.3 Å². The topological polar surface area (TPSA) is 58.2 Å². The van der Waals surface area contributed by atoms with Gasteiger partial charge in [0.05, 0.1) is 0 Å². The average Bonchev–Trinajstić information content (AvgIpc) is 2.82. The van der Waals surface area contributed by atoms with E-state index in [1.54, 1.807) is 6.07 Å². The molecule has 2 N–H and O–H groups in total. The zero-order valence-corrected chi connectivity index (χ0v) is 14.6. The van der Waals surface area contributed by atoms with E-state index in [9.17, 15) is 8.42 Å². The summed E-state index contributed by atoms with van der Waals surface area (Å²) in [6, 6.07) is 2.14. The maximum absolute atomic E-state index is 12.2. The highest BCUT2D eigenvalue weighted by molar-refractivity contribution is 7.91. The maximum Gasteiger partial charge on any atom is 0.250 e. The summed E-state index contributed by atoms with van der Waals surface area (Å²) in [6.45, 7) is 11.6. The third kappa shape index (κ3) is 5.52. The molecule has 0 radical (unpaired) electrons. The summed E-state index contributed by atoms with van der Waals surface area (Å²) >= 11 is 1.28. The zero-order valence-electron chi connectivity index (χ0n) is 12.9. The van der Waals surface area contributed by atoms with E-state index in [4.69, 9.17) is 0 Å². The molecule has 0 aromatic carbocycles. The Morgan fingerprint density at radius 3 is 2.40 bits per heavy atom. The summed E-state index contributed by atoms with van der Waals surface area (Å²) in [5.74, 6) is 0.790.